The Kier molecular flexibility index (Phi) is 5.78. The van der Waals surface area contributed by atoms with Gasteiger partial charge in [-0.3, -0.25) is 0 Å². The summed E-state index contributed by atoms with van der Waals surface area (Å²) in [4.78, 5) is 25.2. The maximum atomic E-state index is 13.4. The number of urea groups is 1. The van der Waals surface area contributed by atoms with Crippen LogP contribution < -0.4 is 10.6 Å². The van der Waals surface area contributed by atoms with Gasteiger partial charge < -0.3 is 20.3 Å². The van der Waals surface area contributed by atoms with E-state index in [1.165, 1.54) is 6.07 Å². The van der Waals surface area contributed by atoms with Crippen LogP contribution in [-0.2, 0) is 4.74 Å². The highest BCUT2D eigenvalue weighted by atomic mass is 19.1. The van der Waals surface area contributed by atoms with Crippen LogP contribution in [0.3, 0.4) is 0 Å². The molecule has 1 heterocycles. The summed E-state index contributed by atoms with van der Waals surface area (Å²) in [6.07, 6.45) is 1.01. The van der Waals surface area contributed by atoms with Crippen LogP contribution in [0.2, 0.25) is 0 Å². The van der Waals surface area contributed by atoms with E-state index in [0.29, 0.717) is 43.8 Å². The van der Waals surface area contributed by atoms with Crippen LogP contribution in [0.4, 0.5) is 19.7 Å². The predicted molar refractivity (Wildman–Crippen MR) is 84.9 cm³/mol. The molecule has 0 aromatic heterocycles. The Hall–Kier alpha value is -2.31. The molecule has 23 heavy (non-hydrogen) atoms. The Labute approximate surface area is 135 Å². The lowest BCUT2D eigenvalue weighted by molar-refractivity contribution is 0.0959. The van der Waals surface area contributed by atoms with Crippen LogP contribution in [0.5, 0.6) is 0 Å². The number of hydrogen-bond acceptors (Lipinski definition) is 3. The maximum Gasteiger partial charge on any atom is 0.409 e. The SMILES string of the molecule is CCOC(=O)N1CCC(NC(=O)Nc2ccc(C)c(F)c2)CC1. The van der Waals surface area contributed by atoms with E-state index in [4.69, 9.17) is 4.74 Å². The zero-order valence-electron chi connectivity index (χ0n) is 13.4. The predicted octanol–water partition coefficient (Wildman–Crippen LogP) is 2.88. The third kappa shape index (κ3) is 4.84. The quantitative estimate of drug-likeness (QED) is 0.898. The molecule has 1 aromatic rings. The van der Waals surface area contributed by atoms with Crippen molar-refractivity contribution in [1.29, 1.82) is 0 Å². The van der Waals surface area contributed by atoms with Crippen LogP contribution >= 0.6 is 0 Å². The summed E-state index contributed by atoms with van der Waals surface area (Å²) >= 11 is 0. The molecule has 0 unspecified atom stereocenters. The first-order valence-corrected chi connectivity index (χ1v) is 7.75. The average molecular weight is 323 g/mol. The summed E-state index contributed by atoms with van der Waals surface area (Å²) in [7, 11) is 0. The van der Waals surface area contributed by atoms with Gasteiger partial charge in [0.2, 0.25) is 0 Å². The fourth-order valence-electron chi connectivity index (χ4n) is 2.44. The number of ether oxygens (including phenoxy) is 1. The van der Waals surface area contributed by atoms with Gasteiger partial charge in [-0.25, -0.2) is 14.0 Å². The molecule has 1 aliphatic rings. The molecular formula is C16H22FN3O3. The molecule has 6 nitrogen and oxygen atoms in total. The lowest BCUT2D eigenvalue weighted by Gasteiger charge is -2.31. The van der Waals surface area contributed by atoms with Gasteiger partial charge in [0.25, 0.3) is 0 Å². The number of nitrogens with one attached hydrogen (secondary N) is 2. The maximum absolute atomic E-state index is 13.4. The number of halogens is 1. The largest absolute Gasteiger partial charge is 0.450 e. The summed E-state index contributed by atoms with van der Waals surface area (Å²) < 4.78 is 18.4. The normalized spacial score (nSPS) is 15.2. The number of nitrogens with zero attached hydrogens (tertiary/aromatic N) is 1. The second-order valence-corrected chi connectivity index (χ2v) is 5.52. The minimum absolute atomic E-state index is 0.0176. The molecule has 1 fully saturated rings. The van der Waals surface area contributed by atoms with Crippen molar-refractivity contribution in [3.05, 3.63) is 29.6 Å². The Morgan fingerprint density at radius 3 is 2.65 bits per heavy atom. The summed E-state index contributed by atoms with van der Waals surface area (Å²) in [5, 5.41) is 5.46. The van der Waals surface area contributed by atoms with Gasteiger partial charge in [-0.1, -0.05) is 6.07 Å². The van der Waals surface area contributed by atoms with Crippen LogP contribution in [-0.4, -0.2) is 42.8 Å². The Bertz CT molecular complexity index is 572. The molecular weight excluding hydrogens is 301 g/mol. The Morgan fingerprint density at radius 1 is 1.35 bits per heavy atom. The molecule has 3 amide bonds. The molecule has 0 saturated carbocycles. The number of amides is 3. The zero-order chi connectivity index (χ0) is 16.8. The van der Waals surface area contributed by atoms with Gasteiger partial charge >= 0.3 is 12.1 Å². The zero-order valence-corrected chi connectivity index (χ0v) is 13.4. The number of piperidine rings is 1. The van der Waals surface area contributed by atoms with Crippen molar-refractivity contribution in [2.75, 3.05) is 25.0 Å². The van der Waals surface area contributed by atoms with Crippen LogP contribution in [0.25, 0.3) is 0 Å². The molecule has 2 N–H and O–H groups in total. The van der Waals surface area contributed by atoms with Gasteiger partial charge in [0.1, 0.15) is 5.82 Å². The van der Waals surface area contributed by atoms with E-state index in [-0.39, 0.29) is 24.0 Å². The van der Waals surface area contributed by atoms with E-state index in [1.807, 2.05) is 0 Å². The van der Waals surface area contributed by atoms with Gasteiger partial charge in [0, 0.05) is 24.8 Å². The standard InChI is InChI=1S/C16H22FN3O3/c1-3-23-16(22)20-8-6-12(7-9-20)18-15(21)19-13-5-4-11(2)14(17)10-13/h4-5,10,12H,3,6-9H2,1-2H3,(H2,18,19,21). The van der Waals surface area contributed by atoms with E-state index in [1.54, 1.807) is 30.9 Å². The highest BCUT2D eigenvalue weighted by Gasteiger charge is 2.24. The van der Waals surface area contributed by atoms with E-state index < -0.39 is 0 Å². The minimum Gasteiger partial charge on any atom is -0.450 e. The first kappa shape index (κ1) is 17.1. The molecule has 0 aliphatic carbocycles. The van der Waals surface area contributed by atoms with Crippen molar-refractivity contribution >= 4 is 17.8 Å². The fraction of sp³-hybridized carbons (Fsp3) is 0.500. The number of benzene rings is 1. The Morgan fingerprint density at radius 2 is 2.04 bits per heavy atom. The molecule has 126 valence electrons. The smallest absolute Gasteiger partial charge is 0.409 e. The van der Waals surface area contributed by atoms with Crippen molar-refractivity contribution in [3.8, 4) is 0 Å². The minimum atomic E-state index is -0.372. The lowest BCUT2D eigenvalue weighted by atomic mass is 10.1. The number of carbonyl (C=O) groups excluding carboxylic acids is 2. The van der Waals surface area contributed by atoms with Crippen LogP contribution in [0, 0.1) is 12.7 Å². The van der Waals surface area contributed by atoms with Gasteiger partial charge in [-0.05, 0) is 44.4 Å². The van der Waals surface area contributed by atoms with Crippen molar-refractivity contribution in [2.45, 2.75) is 32.7 Å². The molecule has 0 radical (unpaired) electrons. The molecule has 7 heteroatoms. The number of rotatable bonds is 3. The van der Waals surface area contributed by atoms with Crippen LogP contribution in [0.1, 0.15) is 25.3 Å². The first-order valence-electron chi connectivity index (χ1n) is 7.75. The molecule has 1 aliphatic heterocycles. The molecule has 1 saturated heterocycles. The average Bonchev–Trinajstić information content (AvgIpc) is 2.52. The van der Waals surface area contributed by atoms with Gasteiger partial charge in [0.15, 0.2) is 0 Å². The third-order valence-corrected chi connectivity index (χ3v) is 3.79. The number of anilines is 1. The summed E-state index contributed by atoms with van der Waals surface area (Å²) in [6.45, 7) is 4.87. The summed E-state index contributed by atoms with van der Waals surface area (Å²) in [5.41, 5.74) is 0.942. The number of aryl methyl sites for hydroxylation is 1. The lowest BCUT2D eigenvalue weighted by Crippen LogP contribution is -2.47. The highest BCUT2D eigenvalue weighted by molar-refractivity contribution is 5.89. The molecule has 1 aromatic carbocycles. The second kappa shape index (κ2) is 7.80. The fourth-order valence-corrected chi connectivity index (χ4v) is 2.44. The topological polar surface area (TPSA) is 70.7 Å². The molecule has 0 atom stereocenters. The summed E-state index contributed by atoms with van der Waals surface area (Å²) in [6, 6.07) is 4.17. The van der Waals surface area contributed by atoms with Gasteiger partial charge in [-0.2, -0.15) is 0 Å². The van der Waals surface area contributed by atoms with Crippen molar-refractivity contribution < 1.29 is 18.7 Å². The Balaban J connectivity index is 1.78. The molecule has 0 bridgehead atoms. The first-order chi connectivity index (χ1) is 11.0. The van der Waals surface area contributed by atoms with E-state index in [2.05, 4.69) is 10.6 Å². The monoisotopic (exact) mass is 323 g/mol. The molecule has 2 rings (SSSR count). The number of likely N-dealkylation sites (tertiary alicyclic amines) is 1. The van der Waals surface area contributed by atoms with Crippen molar-refractivity contribution in [2.24, 2.45) is 0 Å². The number of hydrogen-bond donors (Lipinski definition) is 2. The van der Waals surface area contributed by atoms with E-state index in [9.17, 15) is 14.0 Å². The van der Waals surface area contributed by atoms with Crippen molar-refractivity contribution in [1.82, 2.24) is 10.2 Å². The van der Waals surface area contributed by atoms with E-state index >= 15 is 0 Å². The third-order valence-electron chi connectivity index (χ3n) is 3.79. The van der Waals surface area contributed by atoms with Gasteiger partial charge in [0.05, 0.1) is 6.61 Å². The van der Waals surface area contributed by atoms with E-state index in [0.717, 1.165) is 0 Å². The van der Waals surface area contributed by atoms with Crippen LogP contribution in [0.15, 0.2) is 18.2 Å². The molecule has 0 spiro atoms. The second-order valence-electron chi connectivity index (χ2n) is 5.52. The number of carbonyl (C=O) groups is 2. The summed E-state index contributed by atoms with van der Waals surface area (Å²) in [5.74, 6) is -0.356. The van der Waals surface area contributed by atoms with Crippen molar-refractivity contribution in [3.63, 3.8) is 0 Å². The van der Waals surface area contributed by atoms with Gasteiger partial charge in [-0.15, -0.1) is 0 Å². The highest BCUT2D eigenvalue weighted by Crippen LogP contribution is 2.15.